The number of carbonyl (C=O) groups is 1. The predicted octanol–water partition coefficient (Wildman–Crippen LogP) is 1.48. The van der Waals surface area contributed by atoms with Gasteiger partial charge < -0.3 is 16.0 Å². The number of hydrogen-bond acceptors (Lipinski definition) is 3. The Kier molecular flexibility index (Phi) is 5.58. The highest BCUT2D eigenvalue weighted by Gasteiger charge is 2.11. The standard InChI is InChI=1S/C13H20FN3O/c1-17(2)8-4-3-7-16-13(18)11-9-10(15)5-6-12(11)14/h5-6,9H,3-4,7-8,15H2,1-2H3,(H,16,18). The first-order valence-electron chi connectivity index (χ1n) is 5.98. The fourth-order valence-electron chi connectivity index (χ4n) is 1.57. The second-order valence-electron chi connectivity index (χ2n) is 4.51. The average Bonchev–Trinajstić information content (AvgIpc) is 2.31. The van der Waals surface area contributed by atoms with Gasteiger partial charge in [0.1, 0.15) is 5.82 Å². The Morgan fingerprint density at radius 3 is 2.78 bits per heavy atom. The third-order valence-electron chi connectivity index (χ3n) is 2.55. The molecule has 1 aromatic rings. The van der Waals surface area contributed by atoms with Crippen LogP contribution in [-0.4, -0.2) is 38.0 Å². The lowest BCUT2D eigenvalue weighted by Crippen LogP contribution is -2.26. The Bertz CT molecular complexity index is 407. The number of unbranched alkanes of at least 4 members (excludes halogenated alkanes) is 1. The number of nitrogens with one attached hydrogen (secondary N) is 1. The summed E-state index contributed by atoms with van der Waals surface area (Å²) >= 11 is 0. The van der Waals surface area contributed by atoms with Crippen molar-refractivity contribution in [3.63, 3.8) is 0 Å². The van der Waals surface area contributed by atoms with Crippen LogP contribution in [0.5, 0.6) is 0 Å². The van der Waals surface area contributed by atoms with Crippen LogP contribution >= 0.6 is 0 Å². The Labute approximate surface area is 107 Å². The van der Waals surface area contributed by atoms with Gasteiger partial charge in [-0.05, 0) is 51.7 Å². The summed E-state index contributed by atoms with van der Waals surface area (Å²) in [5.41, 5.74) is 5.91. The monoisotopic (exact) mass is 253 g/mol. The third kappa shape index (κ3) is 4.71. The van der Waals surface area contributed by atoms with E-state index in [0.29, 0.717) is 12.2 Å². The second-order valence-corrected chi connectivity index (χ2v) is 4.51. The van der Waals surface area contributed by atoms with Gasteiger partial charge in [0, 0.05) is 12.2 Å². The third-order valence-corrected chi connectivity index (χ3v) is 2.55. The van der Waals surface area contributed by atoms with Gasteiger partial charge in [-0.15, -0.1) is 0 Å². The maximum absolute atomic E-state index is 13.4. The summed E-state index contributed by atoms with van der Waals surface area (Å²) in [7, 11) is 4.00. The first kappa shape index (κ1) is 14.4. The highest BCUT2D eigenvalue weighted by Crippen LogP contribution is 2.11. The van der Waals surface area contributed by atoms with Crippen molar-refractivity contribution < 1.29 is 9.18 Å². The molecule has 18 heavy (non-hydrogen) atoms. The second kappa shape index (κ2) is 6.96. The number of rotatable bonds is 6. The van der Waals surface area contributed by atoms with Crippen molar-refractivity contribution in [3.05, 3.63) is 29.6 Å². The van der Waals surface area contributed by atoms with Crippen LogP contribution < -0.4 is 11.1 Å². The van der Waals surface area contributed by atoms with Gasteiger partial charge in [0.2, 0.25) is 0 Å². The number of amides is 1. The summed E-state index contributed by atoms with van der Waals surface area (Å²) in [6.07, 6.45) is 1.86. The number of benzene rings is 1. The number of anilines is 1. The van der Waals surface area contributed by atoms with Crippen LogP contribution in [0.2, 0.25) is 0 Å². The molecule has 0 fully saturated rings. The molecule has 0 unspecified atom stereocenters. The van der Waals surface area contributed by atoms with Gasteiger partial charge in [-0.2, -0.15) is 0 Å². The van der Waals surface area contributed by atoms with Crippen LogP contribution in [0.3, 0.4) is 0 Å². The average molecular weight is 253 g/mol. The van der Waals surface area contributed by atoms with Crippen LogP contribution in [0, 0.1) is 5.82 Å². The molecular formula is C13H20FN3O. The fraction of sp³-hybridized carbons (Fsp3) is 0.462. The van der Waals surface area contributed by atoms with Gasteiger partial charge in [-0.3, -0.25) is 4.79 Å². The SMILES string of the molecule is CN(C)CCCCNC(=O)c1cc(N)ccc1F. The first-order valence-corrected chi connectivity index (χ1v) is 5.98. The minimum Gasteiger partial charge on any atom is -0.399 e. The van der Waals surface area contributed by atoms with Crippen LogP contribution in [0.25, 0.3) is 0 Å². The van der Waals surface area contributed by atoms with E-state index in [4.69, 9.17) is 5.73 Å². The molecule has 0 atom stereocenters. The molecule has 0 aliphatic heterocycles. The molecule has 0 spiro atoms. The lowest BCUT2D eigenvalue weighted by atomic mass is 10.1. The molecule has 0 aliphatic carbocycles. The van der Waals surface area contributed by atoms with E-state index in [-0.39, 0.29) is 5.56 Å². The van der Waals surface area contributed by atoms with Crippen molar-refractivity contribution in [1.82, 2.24) is 10.2 Å². The summed E-state index contributed by atoms with van der Waals surface area (Å²) in [6.45, 7) is 1.52. The lowest BCUT2D eigenvalue weighted by molar-refractivity contribution is 0.0949. The van der Waals surface area contributed by atoms with Crippen molar-refractivity contribution in [2.24, 2.45) is 0 Å². The molecule has 1 amide bonds. The Morgan fingerprint density at radius 2 is 2.11 bits per heavy atom. The van der Waals surface area contributed by atoms with Crippen LogP contribution in [0.1, 0.15) is 23.2 Å². The number of hydrogen-bond donors (Lipinski definition) is 2. The lowest BCUT2D eigenvalue weighted by Gasteiger charge is -2.10. The predicted molar refractivity (Wildman–Crippen MR) is 70.9 cm³/mol. The summed E-state index contributed by atoms with van der Waals surface area (Å²) in [5, 5.41) is 2.69. The number of halogens is 1. The van der Waals surface area contributed by atoms with Gasteiger partial charge in [0.05, 0.1) is 5.56 Å². The topological polar surface area (TPSA) is 58.4 Å². The van der Waals surface area contributed by atoms with E-state index in [1.54, 1.807) is 0 Å². The molecule has 5 heteroatoms. The van der Waals surface area contributed by atoms with Gasteiger partial charge in [0.15, 0.2) is 0 Å². The number of carbonyl (C=O) groups excluding carboxylic acids is 1. The fourth-order valence-corrected chi connectivity index (χ4v) is 1.57. The molecule has 0 aromatic heterocycles. The zero-order valence-electron chi connectivity index (χ0n) is 10.9. The molecule has 0 bridgehead atoms. The van der Waals surface area contributed by atoms with E-state index in [1.165, 1.54) is 18.2 Å². The highest BCUT2D eigenvalue weighted by molar-refractivity contribution is 5.95. The zero-order chi connectivity index (χ0) is 13.5. The van der Waals surface area contributed by atoms with Crippen LogP contribution in [0.4, 0.5) is 10.1 Å². The molecular weight excluding hydrogens is 233 g/mol. The number of nitrogen functional groups attached to an aromatic ring is 1. The molecule has 0 radical (unpaired) electrons. The minimum absolute atomic E-state index is 0.00242. The molecule has 0 saturated carbocycles. The number of nitrogens with two attached hydrogens (primary N) is 1. The number of nitrogens with zero attached hydrogens (tertiary/aromatic N) is 1. The summed E-state index contributed by atoms with van der Waals surface area (Å²) in [4.78, 5) is 13.8. The normalized spacial score (nSPS) is 10.7. The van der Waals surface area contributed by atoms with E-state index in [1.807, 2.05) is 14.1 Å². The quantitative estimate of drug-likeness (QED) is 0.596. The van der Waals surface area contributed by atoms with E-state index in [0.717, 1.165) is 19.4 Å². The Balaban J connectivity index is 2.39. The maximum atomic E-state index is 13.4. The van der Waals surface area contributed by atoms with Crippen molar-refractivity contribution in [2.75, 3.05) is 32.9 Å². The maximum Gasteiger partial charge on any atom is 0.254 e. The minimum atomic E-state index is -0.546. The van der Waals surface area contributed by atoms with E-state index >= 15 is 0 Å². The van der Waals surface area contributed by atoms with Gasteiger partial charge in [-0.25, -0.2) is 4.39 Å². The molecule has 0 aliphatic rings. The molecule has 0 saturated heterocycles. The van der Waals surface area contributed by atoms with Crippen molar-refractivity contribution >= 4 is 11.6 Å². The smallest absolute Gasteiger partial charge is 0.254 e. The van der Waals surface area contributed by atoms with Crippen LogP contribution in [0.15, 0.2) is 18.2 Å². The molecule has 1 aromatic carbocycles. The van der Waals surface area contributed by atoms with E-state index < -0.39 is 11.7 Å². The van der Waals surface area contributed by atoms with Crippen molar-refractivity contribution in [2.45, 2.75) is 12.8 Å². The zero-order valence-corrected chi connectivity index (χ0v) is 10.9. The molecule has 3 N–H and O–H groups in total. The Hall–Kier alpha value is -1.62. The summed E-state index contributed by atoms with van der Waals surface area (Å²) in [6, 6.07) is 3.99. The van der Waals surface area contributed by atoms with Gasteiger partial charge in [0.25, 0.3) is 5.91 Å². The Morgan fingerprint density at radius 1 is 1.39 bits per heavy atom. The van der Waals surface area contributed by atoms with Gasteiger partial charge in [-0.1, -0.05) is 0 Å². The molecule has 100 valence electrons. The highest BCUT2D eigenvalue weighted by atomic mass is 19.1. The van der Waals surface area contributed by atoms with Crippen molar-refractivity contribution in [1.29, 1.82) is 0 Å². The summed E-state index contributed by atoms with van der Waals surface area (Å²) < 4.78 is 13.4. The molecule has 0 heterocycles. The largest absolute Gasteiger partial charge is 0.399 e. The van der Waals surface area contributed by atoms with E-state index in [2.05, 4.69) is 10.2 Å². The molecule has 4 nitrogen and oxygen atoms in total. The first-order chi connectivity index (χ1) is 8.50. The van der Waals surface area contributed by atoms with Crippen LogP contribution in [-0.2, 0) is 0 Å². The van der Waals surface area contributed by atoms with Crippen molar-refractivity contribution in [3.8, 4) is 0 Å². The van der Waals surface area contributed by atoms with E-state index in [9.17, 15) is 9.18 Å². The molecule has 1 rings (SSSR count). The summed E-state index contributed by atoms with van der Waals surface area (Å²) in [5.74, 6) is -0.959. The van der Waals surface area contributed by atoms with Gasteiger partial charge >= 0.3 is 0 Å².